The average molecular weight is 302 g/mol. The van der Waals surface area contributed by atoms with E-state index in [2.05, 4.69) is 25.6 Å². The van der Waals surface area contributed by atoms with E-state index in [1.807, 2.05) is 0 Å². The zero-order chi connectivity index (χ0) is 15.4. The van der Waals surface area contributed by atoms with Crippen LogP contribution in [-0.2, 0) is 6.54 Å². The molecule has 2 N–H and O–H groups in total. The Morgan fingerprint density at radius 2 is 2.00 bits per heavy atom. The summed E-state index contributed by atoms with van der Waals surface area (Å²) in [4.78, 5) is 8.35. The predicted octanol–water partition coefficient (Wildman–Crippen LogP) is 1.20. The van der Waals surface area contributed by atoms with Gasteiger partial charge in [0.05, 0.1) is 6.54 Å². The Bertz CT molecular complexity index is 758. The molecule has 2 heterocycles. The van der Waals surface area contributed by atoms with Gasteiger partial charge in [0.2, 0.25) is 0 Å². The van der Waals surface area contributed by atoms with Crippen LogP contribution in [0.25, 0.3) is 11.2 Å². The van der Waals surface area contributed by atoms with E-state index >= 15 is 0 Å². The number of anilines is 1. The molecule has 114 valence electrons. The first-order valence-corrected chi connectivity index (χ1v) is 6.91. The number of nitrogens with zero attached hydrogens (tertiary/aromatic N) is 5. The molecule has 0 aliphatic carbocycles. The molecule has 3 aromatic rings. The molecule has 0 radical (unpaired) electrons. The minimum Gasteiger partial charge on any atom is -0.396 e. The van der Waals surface area contributed by atoms with E-state index in [1.54, 1.807) is 16.8 Å². The van der Waals surface area contributed by atoms with Crippen LogP contribution >= 0.6 is 0 Å². The molecule has 8 heteroatoms. The number of aromatic nitrogens is 5. The quantitative estimate of drug-likeness (QED) is 0.665. The molecule has 0 unspecified atom stereocenters. The van der Waals surface area contributed by atoms with E-state index in [-0.39, 0.29) is 12.4 Å². The van der Waals surface area contributed by atoms with Gasteiger partial charge in [0, 0.05) is 13.2 Å². The summed E-state index contributed by atoms with van der Waals surface area (Å²) in [7, 11) is 0. The van der Waals surface area contributed by atoms with Gasteiger partial charge in [-0.25, -0.2) is 19.0 Å². The normalized spacial score (nSPS) is 11.0. The zero-order valence-electron chi connectivity index (χ0n) is 11.8. The Morgan fingerprint density at radius 1 is 1.18 bits per heavy atom. The van der Waals surface area contributed by atoms with Crippen molar-refractivity contribution >= 4 is 17.0 Å². The molecule has 0 aliphatic rings. The van der Waals surface area contributed by atoms with Crippen molar-refractivity contribution in [2.75, 3.05) is 18.5 Å². The van der Waals surface area contributed by atoms with Crippen LogP contribution in [0.5, 0.6) is 0 Å². The smallest absolute Gasteiger partial charge is 0.184 e. The maximum Gasteiger partial charge on any atom is 0.184 e. The fraction of sp³-hybridized carbons (Fsp3) is 0.286. The highest BCUT2D eigenvalue weighted by molar-refractivity contribution is 5.81. The number of fused-ring (bicyclic) bond motifs is 1. The van der Waals surface area contributed by atoms with Crippen LogP contribution < -0.4 is 5.32 Å². The Hall–Kier alpha value is -2.61. The van der Waals surface area contributed by atoms with Crippen LogP contribution in [0.15, 0.2) is 30.6 Å². The van der Waals surface area contributed by atoms with Crippen LogP contribution in [0.3, 0.4) is 0 Å². The van der Waals surface area contributed by atoms with E-state index < -0.39 is 0 Å². The highest BCUT2D eigenvalue weighted by Crippen LogP contribution is 2.17. The molecule has 0 amide bonds. The summed E-state index contributed by atoms with van der Waals surface area (Å²) >= 11 is 0. The lowest BCUT2D eigenvalue weighted by Gasteiger charge is -2.05. The number of hydrogen-bond acceptors (Lipinski definition) is 6. The maximum atomic E-state index is 12.9. The summed E-state index contributed by atoms with van der Waals surface area (Å²) in [5, 5.41) is 20.1. The summed E-state index contributed by atoms with van der Waals surface area (Å²) in [5.74, 6) is 0.314. The van der Waals surface area contributed by atoms with E-state index in [4.69, 9.17) is 5.11 Å². The van der Waals surface area contributed by atoms with Crippen molar-refractivity contribution < 1.29 is 9.50 Å². The number of hydrogen-bond donors (Lipinski definition) is 2. The van der Waals surface area contributed by atoms with Gasteiger partial charge in [-0.1, -0.05) is 17.3 Å². The molecule has 0 atom stereocenters. The van der Waals surface area contributed by atoms with Gasteiger partial charge >= 0.3 is 0 Å². The van der Waals surface area contributed by atoms with Gasteiger partial charge < -0.3 is 10.4 Å². The number of aliphatic hydroxyl groups excluding tert-OH is 1. The Morgan fingerprint density at radius 3 is 2.77 bits per heavy atom. The first-order chi connectivity index (χ1) is 10.8. The predicted molar refractivity (Wildman–Crippen MR) is 78.8 cm³/mol. The third-order valence-corrected chi connectivity index (χ3v) is 3.17. The van der Waals surface area contributed by atoms with E-state index in [0.717, 1.165) is 5.56 Å². The third kappa shape index (κ3) is 3.01. The standard InChI is InChI=1S/C14H15FN6O/c15-11-4-2-10(3-5-11)8-21-14-12(19-20-21)13(17-9-18-14)16-6-1-7-22/h2-5,9,22H,1,6-8H2,(H,16,17,18). The highest BCUT2D eigenvalue weighted by Gasteiger charge is 2.11. The van der Waals surface area contributed by atoms with Crippen molar-refractivity contribution in [2.24, 2.45) is 0 Å². The first kappa shape index (κ1) is 14.3. The molecule has 0 bridgehead atoms. The minimum absolute atomic E-state index is 0.110. The molecule has 0 saturated carbocycles. The SMILES string of the molecule is OCCCNc1ncnc2c1nnn2Cc1ccc(F)cc1. The molecule has 1 aromatic carbocycles. The number of aliphatic hydroxyl groups is 1. The molecule has 0 aliphatic heterocycles. The van der Waals surface area contributed by atoms with Crippen molar-refractivity contribution in [3.05, 3.63) is 42.0 Å². The zero-order valence-corrected chi connectivity index (χ0v) is 11.8. The fourth-order valence-corrected chi connectivity index (χ4v) is 2.08. The highest BCUT2D eigenvalue weighted by atomic mass is 19.1. The molecule has 2 aromatic heterocycles. The Labute approximate surface area is 125 Å². The lowest BCUT2D eigenvalue weighted by Crippen LogP contribution is -2.06. The number of halogens is 1. The van der Waals surface area contributed by atoms with E-state index in [0.29, 0.717) is 36.5 Å². The number of benzene rings is 1. The Balaban J connectivity index is 1.85. The maximum absolute atomic E-state index is 12.9. The summed E-state index contributed by atoms with van der Waals surface area (Å²) in [6.07, 6.45) is 2.06. The van der Waals surface area contributed by atoms with Crippen molar-refractivity contribution in [3.63, 3.8) is 0 Å². The van der Waals surface area contributed by atoms with Crippen LogP contribution in [-0.4, -0.2) is 43.2 Å². The fourth-order valence-electron chi connectivity index (χ4n) is 2.08. The second-order valence-corrected chi connectivity index (χ2v) is 4.77. The summed E-state index contributed by atoms with van der Waals surface area (Å²) < 4.78 is 14.6. The first-order valence-electron chi connectivity index (χ1n) is 6.91. The molecule has 0 saturated heterocycles. The summed E-state index contributed by atoms with van der Waals surface area (Å²) in [6.45, 7) is 1.15. The van der Waals surface area contributed by atoms with Crippen molar-refractivity contribution in [1.82, 2.24) is 25.0 Å². The van der Waals surface area contributed by atoms with Gasteiger partial charge in [-0.05, 0) is 24.1 Å². The molecule has 0 fully saturated rings. The molecule has 3 rings (SSSR count). The van der Waals surface area contributed by atoms with E-state index in [1.165, 1.54) is 18.5 Å². The second-order valence-electron chi connectivity index (χ2n) is 4.77. The Kier molecular flexibility index (Phi) is 4.19. The van der Waals surface area contributed by atoms with Gasteiger partial charge in [0.25, 0.3) is 0 Å². The van der Waals surface area contributed by atoms with Gasteiger partial charge in [0.15, 0.2) is 17.0 Å². The number of rotatable bonds is 6. The van der Waals surface area contributed by atoms with Crippen molar-refractivity contribution in [1.29, 1.82) is 0 Å². The van der Waals surface area contributed by atoms with Crippen LogP contribution in [0, 0.1) is 5.82 Å². The summed E-state index contributed by atoms with van der Waals surface area (Å²) in [5.41, 5.74) is 2.08. The lowest BCUT2D eigenvalue weighted by molar-refractivity contribution is 0.292. The lowest BCUT2D eigenvalue weighted by atomic mass is 10.2. The van der Waals surface area contributed by atoms with Crippen LogP contribution in [0.1, 0.15) is 12.0 Å². The molecule has 7 nitrogen and oxygen atoms in total. The number of nitrogens with one attached hydrogen (secondary N) is 1. The van der Waals surface area contributed by atoms with Gasteiger partial charge in [-0.2, -0.15) is 0 Å². The minimum atomic E-state index is -0.273. The molecule has 22 heavy (non-hydrogen) atoms. The largest absolute Gasteiger partial charge is 0.396 e. The van der Waals surface area contributed by atoms with Crippen molar-refractivity contribution in [3.8, 4) is 0 Å². The molecular formula is C14H15FN6O. The van der Waals surface area contributed by atoms with Gasteiger partial charge in [0.1, 0.15) is 12.1 Å². The molecule has 0 spiro atoms. The van der Waals surface area contributed by atoms with Crippen LogP contribution in [0.2, 0.25) is 0 Å². The van der Waals surface area contributed by atoms with E-state index in [9.17, 15) is 4.39 Å². The van der Waals surface area contributed by atoms with Gasteiger partial charge in [-0.15, -0.1) is 5.10 Å². The van der Waals surface area contributed by atoms with Crippen molar-refractivity contribution in [2.45, 2.75) is 13.0 Å². The monoisotopic (exact) mass is 302 g/mol. The topological polar surface area (TPSA) is 88.8 Å². The second kappa shape index (κ2) is 6.44. The van der Waals surface area contributed by atoms with Crippen LogP contribution in [0.4, 0.5) is 10.2 Å². The van der Waals surface area contributed by atoms with Gasteiger partial charge in [-0.3, -0.25) is 0 Å². The third-order valence-electron chi connectivity index (χ3n) is 3.17. The average Bonchev–Trinajstić information content (AvgIpc) is 2.94. The molecular weight excluding hydrogens is 287 g/mol. The summed E-state index contributed by atoms with van der Waals surface area (Å²) in [6, 6.07) is 6.21.